The van der Waals surface area contributed by atoms with E-state index in [0.717, 1.165) is 49.3 Å². The van der Waals surface area contributed by atoms with Gasteiger partial charge in [-0.25, -0.2) is 0 Å². The van der Waals surface area contributed by atoms with E-state index in [1.807, 2.05) is 65.4 Å². The first kappa shape index (κ1) is 24.1. The van der Waals surface area contributed by atoms with Crippen LogP contribution in [0.25, 0.3) is 0 Å². The second kappa shape index (κ2) is 11.9. The molecule has 0 aromatic heterocycles. The lowest BCUT2D eigenvalue weighted by Crippen LogP contribution is -2.52. The fourth-order valence-corrected chi connectivity index (χ4v) is 4.00. The summed E-state index contributed by atoms with van der Waals surface area (Å²) in [6.45, 7) is 3.52. The molecule has 1 saturated heterocycles. The van der Waals surface area contributed by atoms with Gasteiger partial charge in [0.2, 0.25) is 5.91 Å². The monoisotopic (exact) mass is 452 g/mol. The number of nitrogens with zero attached hydrogens (tertiary/aromatic N) is 2. The molecule has 0 saturated carbocycles. The van der Waals surface area contributed by atoms with Crippen molar-refractivity contribution in [3.8, 4) is 5.75 Å². The minimum absolute atomic E-state index is 0.0114. The van der Waals surface area contributed by atoms with Crippen molar-refractivity contribution < 1.29 is 19.1 Å². The Labute approximate surface area is 194 Å². The van der Waals surface area contributed by atoms with Crippen molar-refractivity contribution >= 4 is 35.2 Å². The molecule has 8 heteroatoms. The van der Waals surface area contributed by atoms with Gasteiger partial charge in [0.25, 0.3) is 5.91 Å². The first-order valence-corrected chi connectivity index (χ1v) is 11.3. The third kappa shape index (κ3) is 6.47. The molecule has 2 aromatic rings. The topological polar surface area (TPSA) is 91.0 Å². The van der Waals surface area contributed by atoms with Crippen molar-refractivity contribution in [2.24, 2.45) is 0 Å². The SMILES string of the molecule is CC=O.CNc1ccc(NC(=O)CN2CC(C(=O)N3CCCCC3)Oc3ccccc32)cc1. The van der Waals surface area contributed by atoms with Gasteiger partial charge in [-0.2, -0.15) is 0 Å². The number of hydrogen-bond acceptors (Lipinski definition) is 6. The highest BCUT2D eigenvalue weighted by Gasteiger charge is 2.34. The van der Waals surface area contributed by atoms with E-state index < -0.39 is 6.10 Å². The van der Waals surface area contributed by atoms with Crippen LogP contribution in [0.1, 0.15) is 26.2 Å². The summed E-state index contributed by atoms with van der Waals surface area (Å²) in [5.74, 6) is 0.524. The fourth-order valence-electron chi connectivity index (χ4n) is 4.00. The number of amides is 2. The number of carbonyl (C=O) groups is 3. The van der Waals surface area contributed by atoms with Crippen molar-refractivity contribution in [1.29, 1.82) is 0 Å². The predicted octanol–water partition coefficient (Wildman–Crippen LogP) is 3.15. The van der Waals surface area contributed by atoms with E-state index in [1.54, 1.807) is 0 Å². The van der Waals surface area contributed by atoms with Crippen LogP contribution < -0.4 is 20.3 Å². The van der Waals surface area contributed by atoms with Gasteiger partial charge in [0.05, 0.1) is 18.8 Å². The van der Waals surface area contributed by atoms with Crippen molar-refractivity contribution in [2.45, 2.75) is 32.3 Å². The van der Waals surface area contributed by atoms with E-state index >= 15 is 0 Å². The summed E-state index contributed by atoms with van der Waals surface area (Å²) in [5.41, 5.74) is 2.55. The van der Waals surface area contributed by atoms with E-state index in [2.05, 4.69) is 10.6 Å². The van der Waals surface area contributed by atoms with Gasteiger partial charge in [-0.1, -0.05) is 12.1 Å². The summed E-state index contributed by atoms with van der Waals surface area (Å²) in [4.78, 5) is 38.4. The molecule has 2 heterocycles. The van der Waals surface area contributed by atoms with Crippen LogP contribution in [0.4, 0.5) is 17.1 Å². The van der Waals surface area contributed by atoms with Crippen molar-refractivity contribution in [1.82, 2.24) is 4.90 Å². The molecule has 33 heavy (non-hydrogen) atoms. The van der Waals surface area contributed by atoms with Gasteiger partial charge < -0.3 is 30.0 Å². The van der Waals surface area contributed by atoms with Gasteiger partial charge in [-0.15, -0.1) is 0 Å². The van der Waals surface area contributed by atoms with Crippen LogP contribution in [-0.4, -0.2) is 62.3 Å². The smallest absolute Gasteiger partial charge is 0.265 e. The molecule has 176 valence electrons. The van der Waals surface area contributed by atoms with Gasteiger partial charge >= 0.3 is 0 Å². The number of nitrogens with one attached hydrogen (secondary N) is 2. The standard InChI is InChI=1S/C23H28N4O3.C2H4O/c1-24-17-9-11-18(12-10-17)25-22(28)16-27-15-21(23(29)26-13-5-2-6-14-26)30-20-8-4-3-7-19(20)27;1-2-3/h3-4,7-12,21,24H,2,5-6,13-16H2,1H3,(H,25,28);2H,1H3. The van der Waals surface area contributed by atoms with Gasteiger partial charge in [0, 0.05) is 31.5 Å². The van der Waals surface area contributed by atoms with Crippen LogP contribution in [0.3, 0.4) is 0 Å². The lowest BCUT2D eigenvalue weighted by molar-refractivity contribution is -0.139. The van der Waals surface area contributed by atoms with Crippen LogP contribution in [0, 0.1) is 0 Å². The Kier molecular flexibility index (Phi) is 8.69. The maximum atomic E-state index is 13.0. The van der Waals surface area contributed by atoms with Crippen LogP contribution in [0.2, 0.25) is 0 Å². The molecule has 0 radical (unpaired) electrons. The largest absolute Gasteiger partial charge is 0.477 e. The number of aldehydes is 1. The molecular formula is C25H32N4O4. The molecule has 1 atom stereocenters. The lowest BCUT2D eigenvalue weighted by Gasteiger charge is -2.38. The van der Waals surface area contributed by atoms with Crippen LogP contribution >= 0.6 is 0 Å². The second-order valence-electron chi connectivity index (χ2n) is 7.95. The number of para-hydroxylation sites is 2. The molecule has 0 bridgehead atoms. The van der Waals surface area contributed by atoms with E-state index in [1.165, 1.54) is 13.3 Å². The van der Waals surface area contributed by atoms with Gasteiger partial charge in [0.15, 0.2) is 6.10 Å². The van der Waals surface area contributed by atoms with Gasteiger partial charge in [-0.3, -0.25) is 9.59 Å². The molecule has 2 aromatic carbocycles. The minimum Gasteiger partial charge on any atom is -0.477 e. The maximum absolute atomic E-state index is 13.0. The highest BCUT2D eigenvalue weighted by Crippen LogP contribution is 2.33. The molecule has 1 unspecified atom stereocenters. The van der Waals surface area contributed by atoms with Crippen molar-refractivity contribution in [3.05, 3.63) is 48.5 Å². The Bertz CT molecular complexity index is 942. The zero-order chi connectivity index (χ0) is 23.6. The Balaban J connectivity index is 0.000000968. The van der Waals surface area contributed by atoms with Gasteiger partial charge in [-0.05, 0) is 62.6 Å². The number of rotatable bonds is 5. The molecule has 2 N–H and O–H groups in total. The van der Waals surface area contributed by atoms with Gasteiger partial charge in [0.1, 0.15) is 12.0 Å². The predicted molar refractivity (Wildman–Crippen MR) is 130 cm³/mol. The quantitative estimate of drug-likeness (QED) is 0.678. The van der Waals surface area contributed by atoms with E-state index in [9.17, 15) is 9.59 Å². The number of hydrogen-bond donors (Lipinski definition) is 2. The van der Waals surface area contributed by atoms with Crippen molar-refractivity contribution in [2.75, 3.05) is 48.8 Å². The molecule has 4 rings (SSSR count). The molecule has 0 spiro atoms. The second-order valence-corrected chi connectivity index (χ2v) is 7.95. The summed E-state index contributed by atoms with van der Waals surface area (Å²) in [6, 6.07) is 15.1. The summed E-state index contributed by atoms with van der Waals surface area (Å²) in [6.07, 6.45) is 3.39. The summed E-state index contributed by atoms with van der Waals surface area (Å²) < 4.78 is 6.03. The first-order valence-electron chi connectivity index (χ1n) is 11.3. The zero-order valence-electron chi connectivity index (χ0n) is 19.3. The Morgan fingerprint density at radius 3 is 2.33 bits per heavy atom. The van der Waals surface area contributed by atoms with Crippen LogP contribution in [-0.2, 0) is 14.4 Å². The number of anilines is 3. The third-order valence-electron chi connectivity index (χ3n) is 5.60. The maximum Gasteiger partial charge on any atom is 0.265 e. The van der Waals surface area contributed by atoms with Crippen molar-refractivity contribution in [3.63, 3.8) is 0 Å². The highest BCUT2D eigenvalue weighted by molar-refractivity contribution is 5.95. The molecule has 0 aliphatic carbocycles. The third-order valence-corrected chi connectivity index (χ3v) is 5.60. The van der Waals surface area contributed by atoms with E-state index in [0.29, 0.717) is 12.3 Å². The normalized spacial score (nSPS) is 17.0. The number of likely N-dealkylation sites (tertiary alicyclic amines) is 1. The number of ether oxygens (including phenoxy) is 1. The number of carbonyl (C=O) groups excluding carboxylic acids is 3. The average Bonchev–Trinajstić information content (AvgIpc) is 2.85. The fraction of sp³-hybridized carbons (Fsp3) is 0.400. The highest BCUT2D eigenvalue weighted by atomic mass is 16.5. The van der Waals surface area contributed by atoms with E-state index in [-0.39, 0.29) is 18.4 Å². The average molecular weight is 453 g/mol. The number of benzene rings is 2. The molecule has 2 amide bonds. The molecule has 8 nitrogen and oxygen atoms in total. The number of fused-ring (bicyclic) bond motifs is 1. The van der Waals surface area contributed by atoms with Crippen LogP contribution in [0.15, 0.2) is 48.5 Å². The minimum atomic E-state index is -0.597. The first-order chi connectivity index (χ1) is 16.0. The Morgan fingerprint density at radius 1 is 1.03 bits per heavy atom. The van der Waals surface area contributed by atoms with E-state index in [4.69, 9.17) is 9.53 Å². The lowest BCUT2D eigenvalue weighted by atomic mass is 10.1. The summed E-state index contributed by atoms with van der Waals surface area (Å²) in [7, 11) is 1.85. The summed E-state index contributed by atoms with van der Waals surface area (Å²) in [5, 5.41) is 5.99. The molecule has 1 fully saturated rings. The van der Waals surface area contributed by atoms with Crippen LogP contribution in [0.5, 0.6) is 5.75 Å². The molecule has 2 aliphatic rings. The Hall–Kier alpha value is -3.55. The molecule has 2 aliphatic heterocycles. The Morgan fingerprint density at radius 2 is 1.67 bits per heavy atom. The summed E-state index contributed by atoms with van der Waals surface area (Å²) >= 11 is 0. The number of piperidine rings is 1. The molecular weight excluding hydrogens is 420 g/mol. The zero-order valence-corrected chi connectivity index (χ0v) is 19.3.